The Kier molecular flexibility index (Phi) is 2.62. The predicted molar refractivity (Wildman–Crippen MR) is 77.0 cm³/mol. The number of fused-ring (bicyclic) bond motifs is 3. The van der Waals surface area contributed by atoms with Gasteiger partial charge in [-0.05, 0) is 29.9 Å². The minimum atomic E-state index is 0.464. The number of ether oxygens (including phenoxy) is 1. The van der Waals surface area contributed by atoms with Crippen molar-refractivity contribution in [1.82, 2.24) is 9.97 Å². The zero-order chi connectivity index (χ0) is 13.5. The molecule has 2 aliphatic carbocycles. The Morgan fingerprint density at radius 3 is 3.05 bits per heavy atom. The van der Waals surface area contributed by atoms with Crippen molar-refractivity contribution in [3.63, 3.8) is 0 Å². The average molecular weight is 267 g/mol. The second-order valence-electron chi connectivity index (χ2n) is 5.52. The Balaban J connectivity index is 1.55. The molecule has 0 saturated heterocycles. The topological polar surface area (TPSA) is 47.0 Å². The van der Waals surface area contributed by atoms with Crippen molar-refractivity contribution in [2.24, 2.45) is 5.92 Å². The number of hydrogen-bond acceptors (Lipinski definition) is 4. The number of hydrogen-bond donors (Lipinski definition) is 1. The minimum absolute atomic E-state index is 0.464. The summed E-state index contributed by atoms with van der Waals surface area (Å²) in [6.07, 6.45) is 4.17. The van der Waals surface area contributed by atoms with Gasteiger partial charge >= 0.3 is 0 Å². The molecule has 1 aromatic heterocycles. The van der Waals surface area contributed by atoms with Crippen LogP contribution in [0, 0.1) is 5.92 Å². The van der Waals surface area contributed by atoms with E-state index in [1.165, 1.54) is 24.0 Å². The number of methoxy groups -OCH3 is 1. The molecule has 0 radical (unpaired) electrons. The van der Waals surface area contributed by atoms with Gasteiger partial charge in [0.1, 0.15) is 0 Å². The maximum atomic E-state index is 5.14. The highest BCUT2D eigenvalue weighted by Gasteiger charge is 2.53. The van der Waals surface area contributed by atoms with Crippen molar-refractivity contribution in [2.75, 3.05) is 12.4 Å². The Morgan fingerprint density at radius 1 is 1.25 bits per heavy atom. The molecule has 1 aromatic carbocycles. The van der Waals surface area contributed by atoms with E-state index in [0.29, 0.717) is 23.8 Å². The summed E-state index contributed by atoms with van der Waals surface area (Å²) in [7, 11) is 1.62. The zero-order valence-electron chi connectivity index (χ0n) is 11.4. The molecule has 3 unspecified atom stereocenters. The third-order valence-corrected chi connectivity index (χ3v) is 4.46. The quantitative estimate of drug-likeness (QED) is 0.928. The van der Waals surface area contributed by atoms with E-state index >= 15 is 0 Å². The van der Waals surface area contributed by atoms with Crippen molar-refractivity contribution in [3.05, 3.63) is 47.7 Å². The van der Waals surface area contributed by atoms with Gasteiger partial charge in [-0.25, -0.2) is 4.98 Å². The molecule has 0 spiro atoms. The van der Waals surface area contributed by atoms with Gasteiger partial charge in [-0.3, -0.25) is 0 Å². The molecule has 102 valence electrons. The summed E-state index contributed by atoms with van der Waals surface area (Å²) < 4.78 is 5.14. The van der Waals surface area contributed by atoms with Crippen LogP contribution in [0.25, 0.3) is 0 Å². The van der Waals surface area contributed by atoms with Crippen LogP contribution in [0.15, 0.2) is 36.5 Å². The third-order valence-electron chi connectivity index (χ3n) is 4.46. The fourth-order valence-electron chi connectivity index (χ4n) is 3.44. The van der Waals surface area contributed by atoms with Crippen LogP contribution >= 0.6 is 0 Å². The Bertz CT molecular complexity index is 643. The van der Waals surface area contributed by atoms with E-state index in [-0.39, 0.29) is 0 Å². The summed E-state index contributed by atoms with van der Waals surface area (Å²) in [6, 6.07) is 11.0. The normalized spacial score (nSPS) is 26.4. The van der Waals surface area contributed by atoms with Gasteiger partial charge < -0.3 is 10.1 Å². The molecule has 4 heteroatoms. The highest BCUT2D eigenvalue weighted by molar-refractivity contribution is 5.46. The zero-order valence-corrected chi connectivity index (χ0v) is 11.4. The Morgan fingerprint density at radius 2 is 2.15 bits per heavy atom. The number of anilines is 1. The number of aryl methyl sites for hydroxylation is 1. The molecule has 2 aromatic rings. The molecule has 0 bridgehead atoms. The van der Waals surface area contributed by atoms with E-state index in [4.69, 9.17) is 4.74 Å². The van der Waals surface area contributed by atoms with Gasteiger partial charge in [-0.1, -0.05) is 24.3 Å². The van der Waals surface area contributed by atoms with Gasteiger partial charge in [-0.15, -0.1) is 0 Å². The molecule has 20 heavy (non-hydrogen) atoms. The van der Waals surface area contributed by atoms with Crippen molar-refractivity contribution in [2.45, 2.75) is 24.8 Å². The van der Waals surface area contributed by atoms with Crippen LogP contribution in [0.2, 0.25) is 0 Å². The standard InChI is InChI=1S/C16H17N3O/c1-20-13-8-9-17-16(18-13)19-15-12-7-6-10-4-2-3-5-11(10)14(12)15/h2-5,8-9,12,14-15H,6-7H2,1H3,(H,17,18,19). The first-order chi connectivity index (χ1) is 9.86. The van der Waals surface area contributed by atoms with E-state index in [0.717, 1.165) is 5.92 Å². The van der Waals surface area contributed by atoms with Crippen LogP contribution in [-0.4, -0.2) is 23.1 Å². The van der Waals surface area contributed by atoms with Gasteiger partial charge in [0.2, 0.25) is 11.8 Å². The van der Waals surface area contributed by atoms with Crippen LogP contribution < -0.4 is 10.1 Å². The van der Waals surface area contributed by atoms with E-state index in [9.17, 15) is 0 Å². The van der Waals surface area contributed by atoms with Crippen molar-refractivity contribution in [3.8, 4) is 5.88 Å². The van der Waals surface area contributed by atoms with Crippen LogP contribution in [0.1, 0.15) is 23.5 Å². The lowest BCUT2D eigenvalue weighted by Crippen LogP contribution is -2.09. The van der Waals surface area contributed by atoms with E-state index in [2.05, 4.69) is 39.6 Å². The lowest BCUT2D eigenvalue weighted by Gasteiger charge is -2.13. The smallest absolute Gasteiger partial charge is 0.226 e. The summed E-state index contributed by atoms with van der Waals surface area (Å²) in [6.45, 7) is 0. The molecule has 4 rings (SSSR count). The lowest BCUT2D eigenvalue weighted by atomic mass is 9.92. The second kappa shape index (κ2) is 4.47. The van der Waals surface area contributed by atoms with E-state index < -0.39 is 0 Å². The summed E-state index contributed by atoms with van der Waals surface area (Å²) in [4.78, 5) is 8.62. The SMILES string of the molecule is COc1ccnc(NC2C3CCc4ccccc4C32)n1. The summed E-state index contributed by atoms with van der Waals surface area (Å²) in [5, 5.41) is 3.47. The fraction of sp³-hybridized carbons (Fsp3) is 0.375. The minimum Gasteiger partial charge on any atom is -0.481 e. The largest absolute Gasteiger partial charge is 0.481 e. The first-order valence-corrected chi connectivity index (χ1v) is 7.08. The Hall–Kier alpha value is -2.10. The molecular weight excluding hydrogens is 250 g/mol. The van der Waals surface area contributed by atoms with Gasteiger partial charge in [0.15, 0.2) is 0 Å². The summed E-state index contributed by atoms with van der Waals surface area (Å²) in [5.74, 6) is 2.61. The van der Waals surface area contributed by atoms with Crippen LogP contribution in [-0.2, 0) is 6.42 Å². The second-order valence-corrected chi connectivity index (χ2v) is 5.52. The number of aromatic nitrogens is 2. The summed E-state index contributed by atoms with van der Waals surface area (Å²) in [5.41, 5.74) is 3.01. The molecular formula is C16H17N3O. The van der Waals surface area contributed by atoms with Crippen molar-refractivity contribution >= 4 is 5.95 Å². The molecule has 0 amide bonds. The first-order valence-electron chi connectivity index (χ1n) is 7.08. The Labute approximate surface area is 118 Å². The lowest BCUT2D eigenvalue weighted by molar-refractivity contribution is 0.397. The van der Waals surface area contributed by atoms with Crippen molar-refractivity contribution in [1.29, 1.82) is 0 Å². The van der Waals surface area contributed by atoms with Crippen LogP contribution in [0.3, 0.4) is 0 Å². The molecule has 1 fully saturated rings. The monoisotopic (exact) mass is 267 g/mol. The fourth-order valence-corrected chi connectivity index (χ4v) is 3.44. The molecule has 4 nitrogen and oxygen atoms in total. The number of nitrogens with zero attached hydrogens (tertiary/aromatic N) is 2. The van der Waals surface area contributed by atoms with Crippen molar-refractivity contribution < 1.29 is 4.74 Å². The number of rotatable bonds is 3. The number of benzene rings is 1. The molecule has 1 N–H and O–H groups in total. The highest BCUT2D eigenvalue weighted by Crippen LogP contribution is 2.55. The molecule has 0 aliphatic heterocycles. The predicted octanol–water partition coefficient (Wildman–Crippen LogP) is 2.63. The maximum Gasteiger partial charge on any atom is 0.226 e. The van der Waals surface area contributed by atoms with E-state index in [1.54, 1.807) is 19.4 Å². The molecule has 2 aliphatic rings. The average Bonchev–Trinajstić information content (AvgIpc) is 3.21. The van der Waals surface area contributed by atoms with Gasteiger partial charge in [0.25, 0.3) is 0 Å². The molecule has 1 saturated carbocycles. The third kappa shape index (κ3) is 1.83. The van der Waals surface area contributed by atoms with Crippen LogP contribution in [0.4, 0.5) is 5.95 Å². The first kappa shape index (κ1) is 11.7. The van der Waals surface area contributed by atoms with Crippen LogP contribution in [0.5, 0.6) is 5.88 Å². The van der Waals surface area contributed by atoms with E-state index in [1.807, 2.05) is 0 Å². The molecule has 1 heterocycles. The summed E-state index contributed by atoms with van der Waals surface area (Å²) >= 11 is 0. The van der Waals surface area contributed by atoms with Gasteiger partial charge in [0, 0.05) is 24.2 Å². The highest BCUT2D eigenvalue weighted by atomic mass is 16.5. The van der Waals surface area contributed by atoms with Gasteiger partial charge in [0.05, 0.1) is 7.11 Å². The number of nitrogens with one attached hydrogen (secondary N) is 1. The maximum absolute atomic E-state index is 5.14. The van der Waals surface area contributed by atoms with Gasteiger partial charge in [-0.2, -0.15) is 4.98 Å². The molecule has 3 atom stereocenters.